The molecule has 0 spiro atoms. The molecular weight excluding hydrogens is 266 g/mol. The number of carbonyl (C=O) groups excluding carboxylic acids is 2. The molecule has 3 amide bonds. The second-order valence-corrected chi connectivity index (χ2v) is 5.94. The molecule has 118 valence electrons. The highest BCUT2D eigenvalue weighted by Gasteiger charge is 2.26. The van der Waals surface area contributed by atoms with Crippen LogP contribution in [0.15, 0.2) is 11.6 Å². The van der Waals surface area contributed by atoms with Crippen LogP contribution in [0, 0.1) is 0 Å². The number of rotatable bonds is 5. The van der Waals surface area contributed by atoms with E-state index < -0.39 is 0 Å². The largest absolute Gasteiger partial charge is 0.341 e. The normalized spacial score (nSPS) is 21.9. The minimum Gasteiger partial charge on any atom is -0.341 e. The first-order chi connectivity index (χ1) is 10.2. The number of carbonyl (C=O) groups is 2. The van der Waals surface area contributed by atoms with E-state index in [0.29, 0.717) is 19.5 Å². The predicted octanol–water partition coefficient (Wildman–Crippen LogP) is 2.19. The van der Waals surface area contributed by atoms with Gasteiger partial charge in [-0.3, -0.25) is 4.79 Å². The third-order valence-electron chi connectivity index (χ3n) is 4.30. The first kappa shape index (κ1) is 15.9. The van der Waals surface area contributed by atoms with Crippen LogP contribution in [-0.4, -0.2) is 42.5 Å². The highest BCUT2D eigenvalue weighted by molar-refractivity contribution is 5.77. The number of hydrogen-bond acceptors (Lipinski definition) is 2. The maximum Gasteiger partial charge on any atom is 0.315 e. The van der Waals surface area contributed by atoms with Crippen LogP contribution in [0.1, 0.15) is 51.9 Å². The number of urea groups is 1. The molecular formula is C16H27N3O2. The molecule has 5 nitrogen and oxygen atoms in total. The molecule has 1 aliphatic carbocycles. The second kappa shape index (κ2) is 8.05. The number of hydrogen-bond donors (Lipinski definition) is 2. The molecule has 0 saturated carbocycles. The molecule has 1 saturated heterocycles. The fraction of sp³-hybridized carbons (Fsp3) is 0.750. The van der Waals surface area contributed by atoms with Crippen LogP contribution in [-0.2, 0) is 4.79 Å². The summed E-state index contributed by atoms with van der Waals surface area (Å²) in [6.45, 7) is 3.97. The SMILES string of the molecule is CCC(=O)N1CC[C@H](NC(=O)NCCC2=CCCCC2)C1. The van der Waals surface area contributed by atoms with Gasteiger partial charge in [-0.25, -0.2) is 4.79 Å². The van der Waals surface area contributed by atoms with Gasteiger partial charge in [0.1, 0.15) is 0 Å². The lowest BCUT2D eigenvalue weighted by Gasteiger charge is -2.17. The first-order valence-corrected chi connectivity index (χ1v) is 8.19. The smallest absolute Gasteiger partial charge is 0.315 e. The molecule has 1 fully saturated rings. The van der Waals surface area contributed by atoms with Crippen molar-refractivity contribution in [2.75, 3.05) is 19.6 Å². The van der Waals surface area contributed by atoms with Crippen molar-refractivity contribution in [3.63, 3.8) is 0 Å². The van der Waals surface area contributed by atoms with Gasteiger partial charge in [0.15, 0.2) is 0 Å². The molecule has 5 heteroatoms. The molecule has 1 heterocycles. The van der Waals surface area contributed by atoms with Gasteiger partial charge >= 0.3 is 6.03 Å². The average molecular weight is 293 g/mol. The number of nitrogens with one attached hydrogen (secondary N) is 2. The maximum absolute atomic E-state index is 11.8. The molecule has 0 radical (unpaired) electrons. The lowest BCUT2D eigenvalue weighted by Crippen LogP contribution is -2.44. The second-order valence-electron chi connectivity index (χ2n) is 5.94. The van der Waals surface area contributed by atoms with E-state index in [2.05, 4.69) is 16.7 Å². The van der Waals surface area contributed by atoms with Crippen LogP contribution in [0.3, 0.4) is 0 Å². The summed E-state index contributed by atoms with van der Waals surface area (Å²) in [5, 5.41) is 5.88. The summed E-state index contributed by atoms with van der Waals surface area (Å²) < 4.78 is 0. The molecule has 1 aliphatic heterocycles. The van der Waals surface area contributed by atoms with Crippen molar-refractivity contribution in [2.24, 2.45) is 0 Å². The maximum atomic E-state index is 11.8. The summed E-state index contributed by atoms with van der Waals surface area (Å²) in [5.74, 6) is 0.170. The fourth-order valence-corrected chi connectivity index (χ4v) is 3.03. The zero-order valence-corrected chi connectivity index (χ0v) is 13.0. The van der Waals surface area contributed by atoms with Crippen molar-refractivity contribution in [3.8, 4) is 0 Å². The molecule has 2 rings (SSSR count). The van der Waals surface area contributed by atoms with Crippen molar-refractivity contribution in [2.45, 2.75) is 57.9 Å². The Balaban J connectivity index is 1.61. The van der Waals surface area contributed by atoms with Crippen LogP contribution in [0.25, 0.3) is 0 Å². The topological polar surface area (TPSA) is 61.4 Å². The van der Waals surface area contributed by atoms with Gasteiger partial charge < -0.3 is 15.5 Å². The van der Waals surface area contributed by atoms with Gasteiger partial charge in [-0.05, 0) is 38.5 Å². The number of likely N-dealkylation sites (tertiary alicyclic amines) is 1. The molecule has 0 aromatic heterocycles. The van der Waals surface area contributed by atoms with Gasteiger partial charge in [-0.1, -0.05) is 18.6 Å². The minimum absolute atomic E-state index is 0.0920. The third kappa shape index (κ3) is 5.06. The summed E-state index contributed by atoms with van der Waals surface area (Å²) >= 11 is 0. The summed E-state index contributed by atoms with van der Waals surface area (Å²) in [6, 6.07) is -0.0170. The van der Waals surface area contributed by atoms with Gasteiger partial charge in [0.2, 0.25) is 5.91 Å². The molecule has 2 aliphatic rings. The Bertz CT molecular complexity index is 406. The molecule has 0 bridgehead atoms. The van der Waals surface area contributed by atoms with Crippen molar-refractivity contribution < 1.29 is 9.59 Å². The van der Waals surface area contributed by atoms with Crippen LogP contribution in [0.5, 0.6) is 0 Å². The van der Waals surface area contributed by atoms with Crippen LogP contribution in [0.4, 0.5) is 4.79 Å². The first-order valence-electron chi connectivity index (χ1n) is 8.19. The van der Waals surface area contributed by atoms with Crippen LogP contribution < -0.4 is 10.6 Å². The summed E-state index contributed by atoms with van der Waals surface area (Å²) in [6.07, 6.45) is 9.60. The number of nitrogens with zero attached hydrogens (tertiary/aromatic N) is 1. The van der Waals surface area contributed by atoms with E-state index in [1.165, 1.54) is 31.3 Å². The number of amides is 3. The third-order valence-corrected chi connectivity index (χ3v) is 4.30. The summed E-state index contributed by atoms with van der Waals surface area (Å²) in [5.41, 5.74) is 1.47. The van der Waals surface area contributed by atoms with Gasteiger partial charge in [0.25, 0.3) is 0 Å². The van der Waals surface area contributed by atoms with Crippen molar-refractivity contribution in [1.29, 1.82) is 0 Å². The Morgan fingerprint density at radius 1 is 1.38 bits per heavy atom. The Hall–Kier alpha value is -1.52. The van der Waals surface area contributed by atoms with Crippen LogP contribution in [0.2, 0.25) is 0 Å². The quantitative estimate of drug-likeness (QED) is 0.763. The van der Waals surface area contributed by atoms with E-state index in [0.717, 1.165) is 19.4 Å². The zero-order chi connectivity index (χ0) is 15.1. The van der Waals surface area contributed by atoms with E-state index in [-0.39, 0.29) is 18.0 Å². The highest BCUT2D eigenvalue weighted by atomic mass is 16.2. The van der Waals surface area contributed by atoms with Gasteiger partial charge in [0, 0.05) is 32.1 Å². The van der Waals surface area contributed by atoms with Crippen molar-refractivity contribution in [1.82, 2.24) is 15.5 Å². The van der Waals surface area contributed by atoms with Crippen LogP contribution >= 0.6 is 0 Å². The fourth-order valence-electron chi connectivity index (χ4n) is 3.03. The van der Waals surface area contributed by atoms with E-state index in [9.17, 15) is 9.59 Å². The van der Waals surface area contributed by atoms with Crippen molar-refractivity contribution >= 4 is 11.9 Å². The summed E-state index contributed by atoms with van der Waals surface area (Å²) in [7, 11) is 0. The molecule has 0 aromatic carbocycles. The monoisotopic (exact) mass is 293 g/mol. The highest BCUT2D eigenvalue weighted by Crippen LogP contribution is 2.19. The van der Waals surface area contributed by atoms with E-state index in [4.69, 9.17) is 0 Å². The molecule has 0 unspecified atom stereocenters. The lowest BCUT2D eigenvalue weighted by atomic mass is 9.97. The van der Waals surface area contributed by atoms with Gasteiger partial charge in [-0.2, -0.15) is 0 Å². The molecule has 2 N–H and O–H groups in total. The standard InChI is InChI=1S/C16H27N3O2/c1-2-15(20)19-11-9-14(12-19)18-16(21)17-10-8-13-6-4-3-5-7-13/h6,14H,2-5,7-12H2,1H3,(H2,17,18,21)/t14-/m0/s1. The van der Waals surface area contributed by atoms with E-state index in [1.54, 1.807) is 0 Å². The molecule has 0 aromatic rings. The Morgan fingerprint density at radius 3 is 2.95 bits per heavy atom. The zero-order valence-electron chi connectivity index (χ0n) is 13.0. The Labute approximate surface area is 127 Å². The van der Waals surface area contributed by atoms with Gasteiger partial charge in [-0.15, -0.1) is 0 Å². The van der Waals surface area contributed by atoms with E-state index in [1.807, 2.05) is 11.8 Å². The minimum atomic E-state index is -0.109. The summed E-state index contributed by atoms with van der Waals surface area (Å²) in [4.78, 5) is 25.3. The lowest BCUT2D eigenvalue weighted by molar-refractivity contribution is -0.129. The average Bonchev–Trinajstić information content (AvgIpc) is 2.96. The molecule has 1 atom stereocenters. The number of allylic oxidation sites excluding steroid dienone is 1. The van der Waals surface area contributed by atoms with Crippen molar-refractivity contribution in [3.05, 3.63) is 11.6 Å². The van der Waals surface area contributed by atoms with E-state index >= 15 is 0 Å². The van der Waals surface area contributed by atoms with Gasteiger partial charge in [0.05, 0.1) is 0 Å². The Morgan fingerprint density at radius 2 is 2.24 bits per heavy atom. The Kier molecular flexibility index (Phi) is 6.08. The molecule has 21 heavy (non-hydrogen) atoms. The predicted molar refractivity (Wildman–Crippen MR) is 83.0 cm³/mol.